The zero-order valence-corrected chi connectivity index (χ0v) is 16.4. The number of ether oxygens (including phenoxy) is 2. The van der Waals surface area contributed by atoms with Crippen LogP contribution in [0.15, 0.2) is 41.3 Å². The lowest BCUT2D eigenvalue weighted by Gasteiger charge is -2.14. The lowest BCUT2D eigenvalue weighted by molar-refractivity contribution is -0.478. The number of methoxy groups -OCH3 is 2. The molecule has 0 saturated heterocycles. The smallest absolute Gasteiger partial charge is 0.231 e. The summed E-state index contributed by atoms with van der Waals surface area (Å²) < 4.78 is 43.4. The molecule has 0 radical (unpaired) electrons. The molecule has 8 heteroatoms. The molecule has 144 valence electrons. The van der Waals surface area contributed by atoms with Gasteiger partial charge < -0.3 is 14.0 Å². The quantitative estimate of drug-likeness (QED) is 0.585. The second-order valence-corrected chi connectivity index (χ2v) is 7.41. The average molecular weight is 391 g/mol. The third-order valence-electron chi connectivity index (χ3n) is 3.90. The van der Waals surface area contributed by atoms with Gasteiger partial charge in [-0.25, -0.2) is 13.0 Å². The Balaban J connectivity index is 0.000000208. The number of likely N-dealkylation sites (N-methyl/N-ethyl adjacent to an activating group) is 1. The maximum atomic E-state index is 11.9. The molecule has 0 aromatic heterocycles. The molecule has 1 aliphatic rings. The Hall–Kier alpha value is -2.71. The van der Waals surface area contributed by atoms with Crippen molar-refractivity contribution in [3.05, 3.63) is 53.1 Å². The molecule has 0 unspecified atom stereocenters. The van der Waals surface area contributed by atoms with E-state index in [4.69, 9.17) is 9.47 Å². The van der Waals surface area contributed by atoms with Gasteiger partial charge in [0.05, 0.1) is 30.2 Å². The fourth-order valence-corrected chi connectivity index (χ4v) is 3.05. The highest BCUT2D eigenvalue weighted by Gasteiger charge is 2.26. The normalized spacial score (nSPS) is 13.1. The Kier molecular flexibility index (Phi) is 6.35. The second-order valence-electron chi connectivity index (χ2n) is 6.03. The van der Waals surface area contributed by atoms with Crippen LogP contribution in [0.2, 0.25) is 0 Å². The minimum Gasteiger partial charge on any atom is -0.744 e. The number of fused-ring (bicyclic) bond motifs is 1. The molecule has 0 atom stereocenters. The fraction of sp³-hybridized carbons (Fsp3) is 0.263. The van der Waals surface area contributed by atoms with Crippen molar-refractivity contribution in [2.75, 3.05) is 27.8 Å². The first kappa shape index (κ1) is 20.6. The van der Waals surface area contributed by atoms with Gasteiger partial charge in [-0.15, -0.1) is 0 Å². The van der Waals surface area contributed by atoms with Gasteiger partial charge in [-0.3, -0.25) is 4.79 Å². The molecule has 3 rings (SSSR count). The van der Waals surface area contributed by atoms with Gasteiger partial charge in [0.25, 0.3) is 0 Å². The molecule has 0 N–H and O–H groups in total. The van der Waals surface area contributed by atoms with Crippen LogP contribution in [0.3, 0.4) is 0 Å². The van der Waals surface area contributed by atoms with E-state index < -0.39 is 10.1 Å². The SMILES string of the molecule is COc1cc2c(c(OC)c1)C(=O)C[N+](C)=C2.Cc1ccc(S(=O)(=O)[O-])cc1. The van der Waals surface area contributed by atoms with E-state index in [9.17, 15) is 17.8 Å². The van der Waals surface area contributed by atoms with Crippen LogP contribution in [0.4, 0.5) is 0 Å². The number of aryl methyl sites for hydroxylation is 1. The number of ketones is 1. The predicted octanol–water partition coefficient (Wildman–Crippen LogP) is 1.86. The summed E-state index contributed by atoms with van der Waals surface area (Å²) in [5, 5.41) is 0. The maximum absolute atomic E-state index is 11.9. The third-order valence-corrected chi connectivity index (χ3v) is 4.75. The van der Waals surface area contributed by atoms with E-state index in [2.05, 4.69) is 0 Å². The van der Waals surface area contributed by atoms with Crippen LogP contribution < -0.4 is 9.47 Å². The van der Waals surface area contributed by atoms with Crippen molar-refractivity contribution >= 4 is 22.1 Å². The highest BCUT2D eigenvalue weighted by atomic mass is 32.2. The standard InChI is InChI=1S/C12H14NO3.C7H8O3S/c1-13-6-8-4-9(15-2)5-11(16-3)12(8)10(14)7-13;1-6-2-4-7(5-3-6)11(8,9)10/h4-6H,7H2,1-3H3;2-5H,1H3,(H,8,9,10)/q+1;/p-1. The minimum absolute atomic E-state index is 0.0690. The molecule has 1 aliphatic heterocycles. The monoisotopic (exact) mass is 391 g/mol. The van der Waals surface area contributed by atoms with Gasteiger partial charge in [0, 0.05) is 6.07 Å². The number of hydrogen-bond donors (Lipinski definition) is 0. The molecule has 7 nitrogen and oxygen atoms in total. The van der Waals surface area contributed by atoms with E-state index in [-0.39, 0.29) is 10.7 Å². The van der Waals surface area contributed by atoms with Gasteiger partial charge >= 0.3 is 0 Å². The summed E-state index contributed by atoms with van der Waals surface area (Å²) in [6.07, 6.45) is 1.92. The van der Waals surface area contributed by atoms with E-state index in [1.807, 2.05) is 30.8 Å². The van der Waals surface area contributed by atoms with Crippen LogP contribution >= 0.6 is 0 Å². The number of benzene rings is 2. The predicted molar refractivity (Wildman–Crippen MR) is 99.2 cm³/mol. The van der Waals surface area contributed by atoms with Gasteiger partial charge in [0.2, 0.25) is 12.3 Å². The fourth-order valence-electron chi connectivity index (χ4n) is 2.58. The third kappa shape index (κ3) is 5.15. The lowest BCUT2D eigenvalue weighted by Crippen LogP contribution is -2.26. The van der Waals surface area contributed by atoms with Crippen molar-refractivity contribution in [1.82, 2.24) is 0 Å². The van der Waals surface area contributed by atoms with Gasteiger partial charge in [-0.2, -0.15) is 0 Å². The Bertz CT molecular complexity index is 978. The molecular formula is C19H21NO6S. The van der Waals surface area contributed by atoms with Gasteiger partial charge in [-0.05, 0) is 25.1 Å². The topological polar surface area (TPSA) is 95.7 Å². The van der Waals surface area contributed by atoms with Crippen molar-refractivity contribution < 1.29 is 31.8 Å². The summed E-state index contributed by atoms with van der Waals surface area (Å²) in [5.41, 5.74) is 2.41. The van der Waals surface area contributed by atoms with Gasteiger partial charge in [0.1, 0.15) is 28.7 Å². The largest absolute Gasteiger partial charge is 0.744 e. The number of carbonyl (C=O) groups excluding carboxylic acids is 1. The second kappa shape index (κ2) is 8.32. The molecule has 2 aromatic carbocycles. The number of hydrogen-bond acceptors (Lipinski definition) is 6. The first-order valence-electron chi connectivity index (χ1n) is 8.02. The van der Waals surface area contributed by atoms with Crippen molar-refractivity contribution in [3.8, 4) is 11.5 Å². The molecule has 0 amide bonds. The Morgan fingerprint density at radius 2 is 1.70 bits per heavy atom. The number of carbonyl (C=O) groups is 1. The summed E-state index contributed by atoms with van der Waals surface area (Å²) in [4.78, 5) is 11.7. The average Bonchev–Trinajstić information content (AvgIpc) is 2.60. The molecule has 2 aromatic rings. The van der Waals surface area contributed by atoms with Gasteiger partial charge in [0.15, 0.2) is 6.21 Å². The van der Waals surface area contributed by atoms with Crippen molar-refractivity contribution in [3.63, 3.8) is 0 Å². The highest BCUT2D eigenvalue weighted by Crippen LogP contribution is 2.29. The van der Waals surface area contributed by atoms with Crippen LogP contribution in [-0.4, -0.2) is 57.4 Å². The molecule has 0 aliphatic carbocycles. The molecule has 27 heavy (non-hydrogen) atoms. The molecule has 0 fully saturated rings. The van der Waals surface area contributed by atoms with E-state index in [0.717, 1.165) is 11.1 Å². The Labute approximate surface area is 158 Å². The number of Topliss-reactive ketones (excluding diaryl/α,β-unsaturated/α-hetero) is 1. The van der Waals surface area contributed by atoms with Crippen molar-refractivity contribution in [1.29, 1.82) is 0 Å². The van der Waals surface area contributed by atoms with E-state index in [1.54, 1.807) is 32.4 Å². The van der Waals surface area contributed by atoms with Crippen LogP contribution in [0, 0.1) is 6.92 Å². The molecule has 0 bridgehead atoms. The highest BCUT2D eigenvalue weighted by molar-refractivity contribution is 7.85. The van der Waals surface area contributed by atoms with Crippen LogP contribution in [0.1, 0.15) is 21.5 Å². The zero-order chi connectivity index (χ0) is 20.2. The Morgan fingerprint density at radius 1 is 1.07 bits per heavy atom. The molecule has 0 spiro atoms. The number of rotatable bonds is 3. The van der Waals surface area contributed by atoms with Crippen molar-refractivity contribution in [2.45, 2.75) is 11.8 Å². The number of nitrogens with zero attached hydrogens (tertiary/aromatic N) is 1. The van der Waals surface area contributed by atoms with Crippen LogP contribution in [-0.2, 0) is 10.1 Å². The van der Waals surface area contributed by atoms with Crippen LogP contribution in [0.25, 0.3) is 0 Å². The molecular weight excluding hydrogens is 370 g/mol. The van der Waals surface area contributed by atoms with Crippen LogP contribution in [0.5, 0.6) is 11.5 Å². The summed E-state index contributed by atoms with van der Waals surface area (Å²) in [7, 11) is 0.747. The molecule has 0 saturated carbocycles. The lowest BCUT2D eigenvalue weighted by atomic mass is 10.00. The summed E-state index contributed by atoms with van der Waals surface area (Å²) in [6, 6.07) is 9.35. The molecule has 1 heterocycles. The van der Waals surface area contributed by atoms with Gasteiger partial charge in [-0.1, -0.05) is 17.7 Å². The summed E-state index contributed by atoms with van der Waals surface area (Å²) >= 11 is 0. The van der Waals surface area contributed by atoms with Crippen molar-refractivity contribution in [2.24, 2.45) is 0 Å². The Morgan fingerprint density at radius 3 is 2.22 bits per heavy atom. The maximum Gasteiger partial charge on any atom is 0.231 e. The summed E-state index contributed by atoms with van der Waals surface area (Å²) in [5.74, 6) is 1.33. The first-order valence-corrected chi connectivity index (χ1v) is 9.43. The zero-order valence-electron chi connectivity index (χ0n) is 15.6. The summed E-state index contributed by atoms with van der Waals surface area (Å²) in [6.45, 7) is 2.21. The first-order chi connectivity index (χ1) is 12.7. The minimum atomic E-state index is -4.27. The van der Waals surface area contributed by atoms with E-state index in [1.165, 1.54) is 12.1 Å². The van der Waals surface area contributed by atoms with E-state index in [0.29, 0.717) is 23.6 Å². The van der Waals surface area contributed by atoms with E-state index >= 15 is 0 Å².